The van der Waals surface area contributed by atoms with E-state index < -0.39 is 0 Å². The number of nitrogens with one attached hydrogen (secondary N) is 1. The molecule has 0 unspecified atom stereocenters. The lowest BCUT2D eigenvalue weighted by atomic mass is 9.96. The number of carbonyl (C=O) groups is 1. The van der Waals surface area contributed by atoms with E-state index in [0.717, 1.165) is 56.1 Å². The summed E-state index contributed by atoms with van der Waals surface area (Å²) in [6.45, 7) is 8.40. The maximum Gasteiger partial charge on any atom is 0.227 e. The largest absolute Gasteiger partial charge is 0.356 e. The van der Waals surface area contributed by atoms with Crippen molar-refractivity contribution >= 4 is 11.9 Å². The van der Waals surface area contributed by atoms with Crippen LogP contribution in [0, 0.1) is 19.8 Å². The molecule has 7 heteroatoms. The Bertz CT molecular complexity index is 733. The summed E-state index contributed by atoms with van der Waals surface area (Å²) in [5.74, 6) is 1.76. The molecule has 1 saturated heterocycles. The summed E-state index contributed by atoms with van der Waals surface area (Å²) in [4.78, 5) is 23.4. The van der Waals surface area contributed by atoms with Crippen LogP contribution in [0.15, 0.2) is 18.3 Å². The Morgan fingerprint density at radius 1 is 1.32 bits per heavy atom. The van der Waals surface area contributed by atoms with Gasteiger partial charge in [-0.05, 0) is 39.2 Å². The van der Waals surface area contributed by atoms with Gasteiger partial charge in [0.25, 0.3) is 0 Å². The molecule has 0 saturated carbocycles. The predicted molar refractivity (Wildman–Crippen MR) is 96.9 cm³/mol. The summed E-state index contributed by atoms with van der Waals surface area (Å²) in [5.41, 5.74) is 2.02. The van der Waals surface area contributed by atoms with E-state index in [1.54, 1.807) is 6.20 Å². The van der Waals surface area contributed by atoms with Crippen LogP contribution in [0.25, 0.3) is 5.82 Å². The highest BCUT2D eigenvalue weighted by molar-refractivity contribution is 5.78. The fourth-order valence-corrected chi connectivity index (χ4v) is 3.20. The number of amides is 1. The first kappa shape index (κ1) is 17.4. The molecule has 1 N–H and O–H groups in total. The Morgan fingerprint density at radius 2 is 2.08 bits per heavy atom. The van der Waals surface area contributed by atoms with E-state index >= 15 is 0 Å². The fraction of sp³-hybridized carbons (Fsp3) is 0.556. The summed E-state index contributed by atoms with van der Waals surface area (Å²) in [7, 11) is 0. The van der Waals surface area contributed by atoms with Gasteiger partial charge in [0.1, 0.15) is 0 Å². The van der Waals surface area contributed by atoms with E-state index in [1.807, 2.05) is 30.7 Å². The summed E-state index contributed by atoms with van der Waals surface area (Å²) < 4.78 is 1.84. The first-order chi connectivity index (χ1) is 12.1. The molecule has 2 aromatic heterocycles. The molecule has 1 aliphatic rings. The molecule has 7 nitrogen and oxygen atoms in total. The van der Waals surface area contributed by atoms with E-state index in [-0.39, 0.29) is 11.8 Å². The van der Waals surface area contributed by atoms with Crippen molar-refractivity contribution in [2.75, 3.05) is 24.5 Å². The van der Waals surface area contributed by atoms with E-state index in [4.69, 9.17) is 0 Å². The van der Waals surface area contributed by atoms with Gasteiger partial charge in [0.05, 0.1) is 5.69 Å². The Morgan fingerprint density at radius 3 is 2.72 bits per heavy atom. The number of aromatic nitrogens is 4. The third-order valence-corrected chi connectivity index (χ3v) is 4.55. The number of hydrogen-bond acceptors (Lipinski definition) is 5. The number of rotatable bonds is 5. The number of carbonyl (C=O) groups excluding carboxylic acids is 1. The first-order valence-electron chi connectivity index (χ1n) is 8.98. The molecule has 1 amide bonds. The Kier molecular flexibility index (Phi) is 5.31. The van der Waals surface area contributed by atoms with Gasteiger partial charge in [-0.3, -0.25) is 4.79 Å². The lowest BCUT2D eigenvalue weighted by Crippen LogP contribution is -2.41. The molecule has 25 heavy (non-hydrogen) atoms. The van der Waals surface area contributed by atoms with E-state index in [1.165, 1.54) is 0 Å². The lowest BCUT2D eigenvalue weighted by Gasteiger charge is -2.31. The highest BCUT2D eigenvalue weighted by atomic mass is 16.1. The number of hydrogen-bond donors (Lipinski definition) is 1. The number of aryl methyl sites for hydroxylation is 2. The van der Waals surface area contributed by atoms with Crippen molar-refractivity contribution in [2.24, 2.45) is 5.92 Å². The third kappa shape index (κ3) is 3.97. The second-order valence-corrected chi connectivity index (χ2v) is 6.61. The molecule has 0 bridgehead atoms. The van der Waals surface area contributed by atoms with Crippen LogP contribution in [-0.2, 0) is 4.79 Å². The Balaban J connectivity index is 1.67. The first-order valence-corrected chi connectivity index (χ1v) is 8.98. The standard InChI is InChI=1S/C18H26N6O/c1-4-8-19-17(25)15-6-10-23(11-7-15)18-20-9-5-16(21-18)24-14(3)12-13(2)22-24/h5,9,12,15H,4,6-8,10-11H2,1-3H3,(H,19,25). The molecule has 0 radical (unpaired) electrons. The van der Waals surface area contributed by atoms with E-state index in [0.29, 0.717) is 5.95 Å². The van der Waals surface area contributed by atoms with Crippen molar-refractivity contribution in [2.45, 2.75) is 40.0 Å². The van der Waals surface area contributed by atoms with Gasteiger partial charge >= 0.3 is 0 Å². The van der Waals surface area contributed by atoms with Gasteiger partial charge in [-0.25, -0.2) is 9.67 Å². The van der Waals surface area contributed by atoms with Crippen molar-refractivity contribution in [3.63, 3.8) is 0 Å². The zero-order valence-corrected chi connectivity index (χ0v) is 15.2. The van der Waals surface area contributed by atoms with Crippen LogP contribution in [0.1, 0.15) is 37.6 Å². The van der Waals surface area contributed by atoms with Crippen LogP contribution in [0.4, 0.5) is 5.95 Å². The number of anilines is 1. The van der Waals surface area contributed by atoms with Gasteiger partial charge in [0, 0.05) is 43.5 Å². The van der Waals surface area contributed by atoms with Crippen molar-refractivity contribution in [3.8, 4) is 5.82 Å². The van der Waals surface area contributed by atoms with Gasteiger partial charge in [-0.15, -0.1) is 0 Å². The fourth-order valence-electron chi connectivity index (χ4n) is 3.20. The highest BCUT2D eigenvalue weighted by Crippen LogP contribution is 2.21. The van der Waals surface area contributed by atoms with Crippen LogP contribution in [0.5, 0.6) is 0 Å². The zero-order chi connectivity index (χ0) is 17.8. The molecule has 0 aromatic carbocycles. The molecular weight excluding hydrogens is 316 g/mol. The molecule has 0 aliphatic carbocycles. The van der Waals surface area contributed by atoms with E-state index in [2.05, 4.69) is 32.2 Å². The van der Waals surface area contributed by atoms with Crippen molar-refractivity contribution in [3.05, 3.63) is 29.7 Å². The minimum Gasteiger partial charge on any atom is -0.356 e. The van der Waals surface area contributed by atoms with Crippen LogP contribution < -0.4 is 10.2 Å². The SMILES string of the molecule is CCCNC(=O)C1CCN(c2nccc(-n3nc(C)cc3C)n2)CC1. The van der Waals surface area contributed by atoms with Gasteiger partial charge in [-0.1, -0.05) is 6.92 Å². The van der Waals surface area contributed by atoms with Crippen LogP contribution >= 0.6 is 0 Å². The van der Waals surface area contributed by atoms with Crippen LogP contribution in [0.3, 0.4) is 0 Å². The highest BCUT2D eigenvalue weighted by Gasteiger charge is 2.26. The number of nitrogens with zero attached hydrogens (tertiary/aromatic N) is 5. The molecule has 0 atom stereocenters. The maximum absolute atomic E-state index is 12.1. The minimum atomic E-state index is 0.0991. The Labute approximate surface area is 148 Å². The molecule has 1 fully saturated rings. The van der Waals surface area contributed by atoms with Crippen molar-refractivity contribution < 1.29 is 4.79 Å². The zero-order valence-electron chi connectivity index (χ0n) is 15.2. The molecular formula is C18H26N6O. The smallest absolute Gasteiger partial charge is 0.227 e. The molecule has 3 heterocycles. The maximum atomic E-state index is 12.1. The summed E-state index contributed by atoms with van der Waals surface area (Å²) >= 11 is 0. The van der Waals surface area contributed by atoms with Gasteiger partial charge in [-0.2, -0.15) is 10.1 Å². The van der Waals surface area contributed by atoms with Crippen LogP contribution in [0.2, 0.25) is 0 Å². The molecule has 0 spiro atoms. The second-order valence-electron chi connectivity index (χ2n) is 6.61. The third-order valence-electron chi connectivity index (χ3n) is 4.55. The minimum absolute atomic E-state index is 0.0991. The summed E-state index contributed by atoms with van der Waals surface area (Å²) in [6.07, 6.45) is 4.41. The quantitative estimate of drug-likeness (QED) is 0.900. The lowest BCUT2D eigenvalue weighted by molar-refractivity contribution is -0.125. The van der Waals surface area contributed by atoms with Crippen LogP contribution in [-0.4, -0.2) is 45.3 Å². The van der Waals surface area contributed by atoms with Crippen molar-refractivity contribution in [1.82, 2.24) is 25.1 Å². The van der Waals surface area contributed by atoms with Gasteiger partial charge in [0.2, 0.25) is 11.9 Å². The average Bonchev–Trinajstić information content (AvgIpc) is 2.98. The summed E-state index contributed by atoms with van der Waals surface area (Å²) in [5, 5.41) is 7.48. The normalized spacial score (nSPS) is 15.4. The molecule has 2 aromatic rings. The average molecular weight is 342 g/mol. The topological polar surface area (TPSA) is 75.9 Å². The molecule has 3 rings (SSSR count). The van der Waals surface area contributed by atoms with Crippen molar-refractivity contribution in [1.29, 1.82) is 0 Å². The molecule has 134 valence electrons. The number of piperidine rings is 1. The van der Waals surface area contributed by atoms with E-state index in [9.17, 15) is 4.79 Å². The second kappa shape index (κ2) is 7.63. The van der Waals surface area contributed by atoms with Gasteiger partial charge < -0.3 is 10.2 Å². The Hall–Kier alpha value is -2.44. The summed E-state index contributed by atoms with van der Waals surface area (Å²) in [6, 6.07) is 3.90. The monoisotopic (exact) mass is 342 g/mol. The molecule has 1 aliphatic heterocycles. The predicted octanol–water partition coefficient (Wildman–Crippen LogP) is 2.02. The van der Waals surface area contributed by atoms with Gasteiger partial charge in [0.15, 0.2) is 5.82 Å².